The fourth-order valence-electron chi connectivity index (χ4n) is 2.77. The Balaban J connectivity index is 2.04. The van der Waals surface area contributed by atoms with Crippen LogP contribution in [-0.2, 0) is 0 Å². The molecule has 0 bridgehead atoms. The van der Waals surface area contributed by atoms with Crippen molar-refractivity contribution in [1.29, 1.82) is 0 Å². The third kappa shape index (κ3) is 2.28. The van der Waals surface area contributed by atoms with Crippen molar-refractivity contribution in [1.82, 2.24) is 0 Å². The molecule has 2 aliphatic carbocycles. The Labute approximate surface area is 86.4 Å². The number of allylic oxidation sites excluding steroid dienone is 2. The van der Waals surface area contributed by atoms with Crippen LogP contribution < -0.4 is 0 Å². The molecule has 0 aromatic carbocycles. The van der Waals surface area contributed by atoms with Gasteiger partial charge in [0.05, 0.1) is 0 Å². The summed E-state index contributed by atoms with van der Waals surface area (Å²) in [4.78, 5) is 0. The normalized spacial score (nSPS) is 26.5. The molecule has 0 amide bonds. The molecule has 74 valence electrons. The van der Waals surface area contributed by atoms with E-state index in [1.165, 1.54) is 56.4 Å². The summed E-state index contributed by atoms with van der Waals surface area (Å²) < 4.78 is 0. The van der Waals surface area contributed by atoms with Crippen LogP contribution in [0.2, 0.25) is 0 Å². The predicted octanol–water partition coefficient (Wildman–Crippen LogP) is 4.63. The zero-order valence-corrected chi connectivity index (χ0v) is 9.08. The second-order valence-corrected chi connectivity index (χ2v) is 4.93. The molecule has 2 aliphatic rings. The second kappa shape index (κ2) is 4.50. The minimum Gasteiger partial charge on any atom is -0.0892 e. The Bertz CT molecular complexity index is 199. The van der Waals surface area contributed by atoms with Crippen molar-refractivity contribution in [3.63, 3.8) is 0 Å². The molecule has 0 atom stereocenters. The van der Waals surface area contributed by atoms with Gasteiger partial charge in [-0.3, -0.25) is 0 Å². The molecular weight excluding hydrogens is 180 g/mol. The Morgan fingerprint density at radius 2 is 1.54 bits per heavy atom. The van der Waals surface area contributed by atoms with Gasteiger partial charge in [0, 0.05) is 5.03 Å². The summed E-state index contributed by atoms with van der Waals surface area (Å²) in [5.41, 5.74) is 1.63. The average Bonchev–Trinajstić information content (AvgIpc) is 2.20. The SMILES string of the molecule is ClC1=C(C2CCCCC2)CCCC1. The van der Waals surface area contributed by atoms with Gasteiger partial charge in [-0.2, -0.15) is 0 Å². The highest BCUT2D eigenvalue weighted by molar-refractivity contribution is 6.30. The van der Waals surface area contributed by atoms with Crippen LogP contribution in [0.4, 0.5) is 0 Å². The predicted molar refractivity (Wildman–Crippen MR) is 57.9 cm³/mol. The minimum atomic E-state index is 0.863. The van der Waals surface area contributed by atoms with Crippen LogP contribution in [0.15, 0.2) is 10.6 Å². The van der Waals surface area contributed by atoms with Gasteiger partial charge in [0.25, 0.3) is 0 Å². The minimum absolute atomic E-state index is 0.863. The van der Waals surface area contributed by atoms with Gasteiger partial charge in [0.1, 0.15) is 0 Å². The molecule has 0 saturated heterocycles. The van der Waals surface area contributed by atoms with E-state index in [0.717, 1.165) is 12.3 Å². The number of rotatable bonds is 1. The van der Waals surface area contributed by atoms with Crippen molar-refractivity contribution in [2.45, 2.75) is 57.8 Å². The van der Waals surface area contributed by atoms with E-state index in [9.17, 15) is 0 Å². The van der Waals surface area contributed by atoms with Crippen molar-refractivity contribution < 1.29 is 0 Å². The summed E-state index contributed by atoms with van der Waals surface area (Å²) >= 11 is 6.30. The molecule has 0 aromatic heterocycles. The first kappa shape index (κ1) is 9.58. The Hall–Kier alpha value is 0.0300. The van der Waals surface area contributed by atoms with E-state index < -0.39 is 0 Å². The van der Waals surface area contributed by atoms with Gasteiger partial charge in [-0.05, 0) is 44.4 Å². The van der Waals surface area contributed by atoms with Crippen LogP contribution in [0, 0.1) is 5.92 Å². The third-order valence-electron chi connectivity index (χ3n) is 3.54. The zero-order valence-electron chi connectivity index (χ0n) is 8.32. The molecule has 0 aliphatic heterocycles. The van der Waals surface area contributed by atoms with Gasteiger partial charge >= 0.3 is 0 Å². The fourth-order valence-corrected chi connectivity index (χ4v) is 3.15. The van der Waals surface area contributed by atoms with Crippen molar-refractivity contribution in [2.24, 2.45) is 5.92 Å². The zero-order chi connectivity index (χ0) is 9.10. The first-order valence-electron chi connectivity index (χ1n) is 5.75. The first-order chi connectivity index (χ1) is 6.38. The smallest absolute Gasteiger partial charge is 0.0175 e. The Morgan fingerprint density at radius 3 is 2.23 bits per heavy atom. The monoisotopic (exact) mass is 198 g/mol. The van der Waals surface area contributed by atoms with E-state index in [2.05, 4.69) is 0 Å². The molecule has 2 rings (SSSR count). The van der Waals surface area contributed by atoms with Crippen LogP contribution in [0.3, 0.4) is 0 Å². The quantitative estimate of drug-likeness (QED) is 0.576. The summed E-state index contributed by atoms with van der Waals surface area (Å²) in [6.45, 7) is 0. The molecule has 1 saturated carbocycles. The maximum Gasteiger partial charge on any atom is 0.0175 e. The number of hydrogen-bond acceptors (Lipinski definition) is 0. The Morgan fingerprint density at radius 1 is 0.846 bits per heavy atom. The first-order valence-corrected chi connectivity index (χ1v) is 6.13. The lowest BCUT2D eigenvalue weighted by Crippen LogP contribution is -2.12. The molecule has 0 heterocycles. The van der Waals surface area contributed by atoms with Crippen LogP contribution in [0.25, 0.3) is 0 Å². The molecule has 1 heteroatoms. The maximum atomic E-state index is 6.30. The standard InChI is InChI=1S/C12H19Cl/c13-12-9-5-4-8-11(12)10-6-2-1-3-7-10/h10H,1-9H2. The van der Waals surface area contributed by atoms with E-state index in [0.29, 0.717) is 0 Å². The van der Waals surface area contributed by atoms with Crippen molar-refractivity contribution >= 4 is 11.6 Å². The van der Waals surface area contributed by atoms with Gasteiger partial charge in [0.15, 0.2) is 0 Å². The van der Waals surface area contributed by atoms with E-state index in [1.54, 1.807) is 5.57 Å². The van der Waals surface area contributed by atoms with Crippen LogP contribution >= 0.6 is 11.6 Å². The third-order valence-corrected chi connectivity index (χ3v) is 3.97. The van der Waals surface area contributed by atoms with Crippen molar-refractivity contribution in [3.8, 4) is 0 Å². The van der Waals surface area contributed by atoms with Crippen LogP contribution in [0.5, 0.6) is 0 Å². The summed E-state index contributed by atoms with van der Waals surface area (Å²) in [5, 5.41) is 1.22. The van der Waals surface area contributed by atoms with E-state index in [4.69, 9.17) is 11.6 Å². The fraction of sp³-hybridized carbons (Fsp3) is 0.833. The molecule has 0 N–H and O–H groups in total. The van der Waals surface area contributed by atoms with E-state index in [-0.39, 0.29) is 0 Å². The van der Waals surface area contributed by atoms with Crippen molar-refractivity contribution in [3.05, 3.63) is 10.6 Å². The van der Waals surface area contributed by atoms with Gasteiger partial charge in [-0.1, -0.05) is 36.4 Å². The summed E-state index contributed by atoms with van der Waals surface area (Å²) in [6, 6.07) is 0. The molecular formula is C12H19Cl. The van der Waals surface area contributed by atoms with Crippen LogP contribution in [-0.4, -0.2) is 0 Å². The van der Waals surface area contributed by atoms with Gasteiger partial charge in [-0.25, -0.2) is 0 Å². The largest absolute Gasteiger partial charge is 0.0892 e. The molecule has 0 spiro atoms. The molecule has 13 heavy (non-hydrogen) atoms. The Kier molecular flexibility index (Phi) is 3.32. The summed E-state index contributed by atoms with van der Waals surface area (Å²) in [5.74, 6) is 0.863. The molecule has 0 nitrogen and oxygen atoms in total. The summed E-state index contributed by atoms with van der Waals surface area (Å²) in [6.07, 6.45) is 12.3. The lowest BCUT2D eigenvalue weighted by atomic mass is 9.79. The average molecular weight is 199 g/mol. The highest BCUT2D eigenvalue weighted by atomic mass is 35.5. The van der Waals surface area contributed by atoms with E-state index >= 15 is 0 Å². The lowest BCUT2D eigenvalue weighted by molar-refractivity contribution is 0.386. The molecule has 1 fully saturated rings. The number of hydrogen-bond donors (Lipinski definition) is 0. The molecule has 0 aromatic rings. The topological polar surface area (TPSA) is 0 Å². The van der Waals surface area contributed by atoms with Crippen LogP contribution in [0.1, 0.15) is 57.8 Å². The maximum absolute atomic E-state index is 6.30. The van der Waals surface area contributed by atoms with E-state index in [1.807, 2.05) is 0 Å². The van der Waals surface area contributed by atoms with Gasteiger partial charge in [-0.15, -0.1) is 0 Å². The molecule has 0 radical (unpaired) electrons. The summed E-state index contributed by atoms with van der Waals surface area (Å²) in [7, 11) is 0. The lowest BCUT2D eigenvalue weighted by Gasteiger charge is -2.28. The van der Waals surface area contributed by atoms with Crippen molar-refractivity contribution in [2.75, 3.05) is 0 Å². The highest BCUT2D eigenvalue weighted by Crippen LogP contribution is 2.38. The second-order valence-electron chi connectivity index (χ2n) is 4.47. The molecule has 0 unspecified atom stereocenters. The highest BCUT2D eigenvalue weighted by Gasteiger charge is 2.21. The van der Waals surface area contributed by atoms with Gasteiger partial charge < -0.3 is 0 Å². The number of halogens is 1. The van der Waals surface area contributed by atoms with Gasteiger partial charge in [0.2, 0.25) is 0 Å².